The zero-order chi connectivity index (χ0) is 18.4. The van der Waals surface area contributed by atoms with E-state index in [4.69, 9.17) is 4.74 Å². The second-order valence-electron chi connectivity index (χ2n) is 5.80. The van der Waals surface area contributed by atoms with Crippen molar-refractivity contribution in [1.29, 1.82) is 0 Å². The summed E-state index contributed by atoms with van der Waals surface area (Å²) in [6, 6.07) is 19.3. The fourth-order valence-corrected chi connectivity index (χ4v) is 2.54. The van der Waals surface area contributed by atoms with Gasteiger partial charge >= 0.3 is 12.1 Å². The lowest BCUT2D eigenvalue weighted by atomic mass is 10.1. The van der Waals surface area contributed by atoms with Gasteiger partial charge in [0.2, 0.25) is 0 Å². The normalized spacial score (nSPS) is 11.7. The third-order valence-corrected chi connectivity index (χ3v) is 3.87. The third kappa shape index (κ3) is 4.57. The summed E-state index contributed by atoms with van der Waals surface area (Å²) in [4.78, 5) is 27.8. The molecule has 0 aliphatic rings. The number of aromatic nitrogens is 1. The van der Waals surface area contributed by atoms with E-state index in [1.54, 1.807) is 6.07 Å². The van der Waals surface area contributed by atoms with E-state index in [9.17, 15) is 14.7 Å². The van der Waals surface area contributed by atoms with Crippen molar-refractivity contribution in [2.45, 2.75) is 19.1 Å². The van der Waals surface area contributed by atoms with Crippen LogP contribution in [0, 0.1) is 0 Å². The van der Waals surface area contributed by atoms with E-state index in [0.29, 0.717) is 5.69 Å². The highest BCUT2D eigenvalue weighted by Crippen LogP contribution is 2.13. The van der Waals surface area contributed by atoms with Gasteiger partial charge < -0.3 is 15.2 Å². The lowest BCUT2D eigenvalue weighted by molar-refractivity contribution is -0.139. The van der Waals surface area contributed by atoms with Gasteiger partial charge in [0.15, 0.2) is 0 Å². The number of pyridine rings is 1. The summed E-state index contributed by atoms with van der Waals surface area (Å²) in [5.74, 6) is -1.14. The largest absolute Gasteiger partial charge is 0.480 e. The summed E-state index contributed by atoms with van der Waals surface area (Å²) in [6.07, 6.45) is -0.706. The van der Waals surface area contributed by atoms with Crippen molar-refractivity contribution >= 4 is 23.0 Å². The minimum absolute atomic E-state index is 0.0700. The topological polar surface area (TPSA) is 88.5 Å². The molecule has 0 aliphatic carbocycles. The van der Waals surface area contributed by atoms with Gasteiger partial charge in [0, 0.05) is 17.5 Å². The minimum atomic E-state index is -1.14. The zero-order valence-corrected chi connectivity index (χ0v) is 14.0. The maximum atomic E-state index is 11.9. The van der Waals surface area contributed by atoms with Gasteiger partial charge in [0.1, 0.15) is 12.6 Å². The molecule has 0 fully saturated rings. The Balaban J connectivity index is 1.62. The number of hydrogen-bond acceptors (Lipinski definition) is 4. The Kier molecular flexibility index (Phi) is 5.43. The number of amides is 1. The van der Waals surface area contributed by atoms with E-state index in [0.717, 1.165) is 16.5 Å². The molecule has 0 aliphatic heterocycles. The van der Waals surface area contributed by atoms with Crippen molar-refractivity contribution in [1.82, 2.24) is 10.3 Å². The van der Waals surface area contributed by atoms with Gasteiger partial charge in [-0.2, -0.15) is 0 Å². The summed E-state index contributed by atoms with van der Waals surface area (Å²) in [5.41, 5.74) is 2.19. The monoisotopic (exact) mass is 350 g/mol. The fraction of sp³-hybridized carbons (Fsp3) is 0.150. The van der Waals surface area contributed by atoms with Gasteiger partial charge in [0.25, 0.3) is 0 Å². The number of carbonyl (C=O) groups is 2. The van der Waals surface area contributed by atoms with Crippen molar-refractivity contribution in [3.05, 3.63) is 78.0 Å². The van der Waals surface area contributed by atoms with Crippen molar-refractivity contribution in [2.75, 3.05) is 0 Å². The molecule has 0 saturated heterocycles. The van der Waals surface area contributed by atoms with Crippen LogP contribution in [0.3, 0.4) is 0 Å². The van der Waals surface area contributed by atoms with Gasteiger partial charge in [-0.05, 0) is 17.7 Å². The number of nitrogens with one attached hydrogen (secondary N) is 1. The van der Waals surface area contributed by atoms with E-state index in [2.05, 4.69) is 10.3 Å². The second kappa shape index (κ2) is 8.11. The number of hydrogen-bond donors (Lipinski definition) is 2. The number of rotatable bonds is 6. The first-order valence-electron chi connectivity index (χ1n) is 8.16. The Hall–Kier alpha value is -3.41. The number of carbonyl (C=O) groups excluding carboxylic acids is 1. The molecule has 0 spiro atoms. The van der Waals surface area contributed by atoms with E-state index in [1.165, 1.54) is 0 Å². The molecule has 6 nitrogen and oxygen atoms in total. The molecule has 1 amide bonds. The third-order valence-electron chi connectivity index (χ3n) is 3.87. The number of para-hydroxylation sites is 1. The molecule has 132 valence electrons. The standard InChI is InChI=1S/C20H18N2O4/c23-19(24)18(22-20(25)26-13-14-6-2-1-3-7-14)12-16-11-10-15-8-4-5-9-17(15)21-16/h1-11,18H,12-13H2,(H,22,25)(H,23,24)/t18-/m1/s1. The zero-order valence-electron chi connectivity index (χ0n) is 14.0. The predicted octanol–water partition coefficient (Wildman–Crippen LogP) is 3.16. The van der Waals surface area contributed by atoms with Gasteiger partial charge in [-0.25, -0.2) is 9.59 Å². The molecule has 2 aromatic carbocycles. The lowest BCUT2D eigenvalue weighted by Crippen LogP contribution is -2.42. The van der Waals surface area contributed by atoms with Crippen molar-refractivity contribution in [2.24, 2.45) is 0 Å². The summed E-state index contributed by atoms with van der Waals surface area (Å²) >= 11 is 0. The van der Waals surface area contributed by atoms with Gasteiger partial charge in [0.05, 0.1) is 5.52 Å². The summed E-state index contributed by atoms with van der Waals surface area (Å²) < 4.78 is 5.08. The van der Waals surface area contributed by atoms with Crippen LogP contribution < -0.4 is 5.32 Å². The average Bonchev–Trinajstić information content (AvgIpc) is 2.66. The van der Waals surface area contributed by atoms with Crippen LogP contribution in [0.1, 0.15) is 11.3 Å². The molecular formula is C20H18N2O4. The van der Waals surface area contributed by atoms with Gasteiger partial charge in [-0.1, -0.05) is 54.6 Å². The molecule has 0 radical (unpaired) electrons. The molecule has 1 aromatic heterocycles. The second-order valence-corrected chi connectivity index (χ2v) is 5.80. The maximum absolute atomic E-state index is 11.9. The van der Waals surface area contributed by atoms with Gasteiger partial charge in [-0.15, -0.1) is 0 Å². The van der Waals surface area contributed by atoms with E-state index in [-0.39, 0.29) is 13.0 Å². The van der Waals surface area contributed by atoms with Crippen LogP contribution in [-0.2, 0) is 22.6 Å². The molecule has 26 heavy (non-hydrogen) atoms. The number of aliphatic carboxylic acids is 1. The maximum Gasteiger partial charge on any atom is 0.408 e. The highest BCUT2D eigenvalue weighted by Gasteiger charge is 2.22. The van der Waals surface area contributed by atoms with Crippen LogP contribution in [0.25, 0.3) is 10.9 Å². The highest BCUT2D eigenvalue weighted by atomic mass is 16.5. The van der Waals surface area contributed by atoms with Crippen LogP contribution >= 0.6 is 0 Å². The summed E-state index contributed by atoms with van der Waals surface area (Å²) in [6.45, 7) is 0.0766. The van der Waals surface area contributed by atoms with Crippen molar-refractivity contribution in [3.8, 4) is 0 Å². The highest BCUT2D eigenvalue weighted by molar-refractivity contribution is 5.81. The molecule has 1 heterocycles. The Morgan fingerprint density at radius 1 is 1.00 bits per heavy atom. The Morgan fingerprint density at radius 3 is 2.50 bits per heavy atom. The molecule has 1 atom stereocenters. The van der Waals surface area contributed by atoms with Crippen LogP contribution in [-0.4, -0.2) is 28.2 Å². The Bertz CT molecular complexity index is 912. The molecule has 0 unspecified atom stereocenters. The Morgan fingerprint density at radius 2 is 1.73 bits per heavy atom. The number of carboxylic acid groups (broad SMARTS) is 1. The number of carboxylic acids is 1. The SMILES string of the molecule is O=C(N[C@H](Cc1ccc2ccccc2n1)C(=O)O)OCc1ccccc1. The average molecular weight is 350 g/mol. The molecule has 0 bridgehead atoms. The first kappa shape index (κ1) is 17.4. The minimum Gasteiger partial charge on any atom is -0.480 e. The molecule has 6 heteroatoms. The Labute approximate surface area is 150 Å². The first-order valence-corrected chi connectivity index (χ1v) is 8.16. The fourth-order valence-electron chi connectivity index (χ4n) is 2.54. The number of alkyl carbamates (subject to hydrolysis) is 1. The van der Waals surface area contributed by atoms with Gasteiger partial charge in [-0.3, -0.25) is 4.98 Å². The van der Waals surface area contributed by atoms with Crippen LogP contribution in [0.15, 0.2) is 66.7 Å². The van der Waals surface area contributed by atoms with Crippen LogP contribution in [0.5, 0.6) is 0 Å². The lowest BCUT2D eigenvalue weighted by Gasteiger charge is -2.14. The van der Waals surface area contributed by atoms with Crippen molar-refractivity contribution < 1.29 is 19.4 Å². The predicted molar refractivity (Wildman–Crippen MR) is 96.6 cm³/mol. The first-order chi connectivity index (χ1) is 12.6. The quantitative estimate of drug-likeness (QED) is 0.713. The van der Waals surface area contributed by atoms with Crippen LogP contribution in [0.2, 0.25) is 0 Å². The van der Waals surface area contributed by atoms with E-state index in [1.807, 2.05) is 60.7 Å². The summed E-state index contributed by atoms with van der Waals surface area (Å²) in [5, 5.41) is 12.7. The van der Waals surface area contributed by atoms with Crippen molar-refractivity contribution in [3.63, 3.8) is 0 Å². The van der Waals surface area contributed by atoms with E-state index >= 15 is 0 Å². The number of nitrogens with zero attached hydrogens (tertiary/aromatic N) is 1. The number of benzene rings is 2. The number of ether oxygens (including phenoxy) is 1. The molecule has 3 aromatic rings. The number of fused-ring (bicyclic) bond motifs is 1. The van der Waals surface area contributed by atoms with Crippen LogP contribution in [0.4, 0.5) is 4.79 Å². The molecular weight excluding hydrogens is 332 g/mol. The molecule has 0 saturated carbocycles. The smallest absolute Gasteiger partial charge is 0.408 e. The molecule has 3 rings (SSSR count). The van der Waals surface area contributed by atoms with E-state index < -0.39 is 18.1 Å². The molecule has 2 N–H and O–H groups in total. The summed E-state index contributed by atoms with van der Waals surface area (Å²) in [7, 11) is 0.